The van der Waals surface area contributed by atoms with Gasteiger partial charge < -0.3 is 5.32 Å². The lowest BCUT2D eigenvalue weighted by Gasteiger charge is -2.35. The largest absolute Gasteiger partial charge is 0.349 e. The summed E-state index contributed by atoms with van der Waals surface area (Å²) in [6.07, 6.45) is 5.38. The summed E-state index contributed by atoms with van der Waals surface area (Å²) in [7, 11) is 0. The molecule has 1 spiro atoms. The number of carbonyl (C=O) groups is 1. The first-order valence-corrected chi connectivity index (χ1v) is 11.1. The van der Waals surface area contributed by atoms with Gasteiger partial charge in [-0.3, -0.25) is 14.1 Å². The highest BCUT2D eigenvalue weighted by Crippen LogP contribution is 2.42. The third-order valence-electron chi connectivity index (χ3n) is 6.49. The Kier molecular flexibility index (Phi) is 4.67. The molecule has 0 radical (unpaired) electrons. The van der Waals surface area contributed by atoms with Crippen molar-refractivity contribution >= 4 is 22.2 Å². The van der Waals surface area contributed by atoms with Gasteiger partial charge in [0, 0.05) is 43.5 Å². The smallest absolute Gasteiger partial charge is 0.220 e. The molecule has 29 heavy (non-hydrogen) atoms. The molecule has 2 atom stereocenters. The number of hydrogen-bond acceptors (Lipinski definition) is 4. The second-order valence-electron chi connectivity index (χ2n) is 8.35. The fraction of sp³-hybridized carbons (Fsp3) is 0.455. The first kappa shape index (κ1) is 18.8. The van der Waals surface area contributed by atoms with E-state index >= 15 is 0 Å². The molecule has 4 heterocycles. The van der Waals surface area contributed by atoms with Crippen LogP contribution in [0.4, 0.5) is 4.39 Å². The Morgan fingerprint density at radius 1 is 1.34 bits per heavy atom. The molecule has 1 aromatic carbocycles. The highest BCUT2D eigenvalue weighted by molar-refractivity contribution is 7.15. The van der Waals surface area contributed by atoms with Gasteiger partial charge >= 0.3 is 0 Å². The van der Waals surface area contributed by atoms with Crippen molar-refractivity contribution in [2.24, 2.45) is 0 Å². The topological polar surface area (TPSA) is 49.6 Å². The first-order valence-electron chi connectivity index (χ1n) is 10.2. The van der Waals surface area contributed by atoms with Crippen LogP contribution >= 0.6 is 11.3 Å². The number of amides is 1. The van der Waals surface area contributed by atoms with E-state index in [1.807, 2.05) is 24.4 Å². The van der Waals surface area contributed by atoms with Crippen molar-refractivity contribution in [1.29, 1.82) is 0 Å². The standard InChI is InChI=1S/C22H25FN4OS/c1-15-19(27-10-11-29-21(27)24-15)13-26-12-17(16-6-2-3-7-18(16)23)22(14-26)9-5-4-8-20(28)25-22/h2-3,6-7,10-11,17H,4-5,8-9,12-14H2,1H3,(H,25,28)/t17-,22+/m0/s1. The van der Waals surface area contributed by atoms with Crippen LogP contribution < -0.4 is 5.32 Å². The molecule has 5 nitrogen and oxygen atoms in total. The Bertz CT molecular complexity index is 1060. The van der Waals surface area contributed by atoms with Gasteiger partial charge in [-0.05, 0) is 31.4 Å². The Labute approximate surface area is 173 Å². The van der Waals surface area contributed by atoms with Crippen LogP contribution in [0.15, 0.2) is 35.8 Å². The lowest BCUT2D eigenvalue weighted by Crippen LogP contribution is -2.52. The number of fused-ring (bicyclic) bond motifs is 1. The molecule has 0 unspecified atom stereocenters. The predicted molar refractivity (Wildman–Crippen MR) is 112 cm³/mol. The molecule has 2 fully saturated rings. The zero-order chi connectivity index (χ0) is 20.0. The van der Waals surface area contributed by atoms with Crippen LogP contribution in [0.25, 0.3) is 4.96 Å². The van der Waals surface area contributed by atoms with Gasteiger partial charge in [0.1, 0.15) is 5.82 Å². The Hall–Kier alpha value is -2.25. The van der Waals surface area contributed by atoms with Crippen LogP contribution in [-0.2, 0) is 11.3 Å². The van der Waals surface area contributed by atoms with E-state index < -0.39 is 5.54 Å². The normalized spacial score (nSPS) is 25.6. The zero-order valence-corrected chi connectivity index (χ0v) is 17.3. The molecule has 2 aromatic heterocycles. The molecule has 1 N–H and O–H groups in total. The van der Waals surface area contributed by atoms with Gasteiger partial charge in [0.2, 0.25) is 5.91 Å². The molecule has 152 valence electrons. The number of aryl methyl sites for hydroxylation is 1. The summed E-state index contributed by atoms with van der Waals surface area (Å²) >= 11 is 1.63. The highest BCUT2D eigenvalue weighted by atomic mass is 32.1. The Balaban J connectivity index is 1.51. The third-order valence-corrected chi connectivity index (χ3v) is 7.25. The summed E-state index contributed by atoms with van der Waals surface area (Å²) in [6, 6.07) is 7.03. The molecule has 3 aromatic rings. The maximum absolute atomic E-state index is 14.8. The molecule has 1 amide bonds. The molecular weight excluding hydrogens is 387 g/mol. The van der Waals surface area contributed by atoms with Crippen molar-refractivity contribution in [1.82, 2.24) is 19.6 Å². The van der Waals surface area contributed by atoms with Crippen molar-refractivity contribution in [3.8, 4) is 0 Å². The van der Waals surface area contributed by atoms with E-state index in [0.29, 0.717) is 12.0 Å². The minimum atomic E-state index is -0.415. The molecule has 2 aliphatic heterocycles. The van der Waals surface area contributed by atoms with E-state index in [-0.39, 0.29) is 17.6 Å². The van der Waals surface area contributed by atoms with Gasteiger partial charge in [-0.1, -0.05) is 24.6 Å². The second kappa shape index (κ2) is 7.22. The summed E-state index contributed by atoms with van der Waals surface area (Å²) in [6.45, 7) is 4.24. The van der Waals surface area contributed by atoms with Gasteiger partial charge in [-0.2, -0.15) is 0 Å². The van der Waals surface area contributed by atoms with Crippen molar-refractivity contribution in [2.75, 3.05) is 13.1 Å². The molecule has 7 heteroatoms. The quantitative estimate of drug-likeness (QED) is 0.710. The predicted octanol–water partition coefficient (Wildman–Crippen LogP) is 3.87. The van der Waals surface area contributed by atoms with Crippen molar-refractivity contribution in [3.05, 3.63) is 58.6 Å². The number of nitrogens with zero attached hydrogens (tertiary/aromatic N) is 3. The van der Waals surface area contributed by atoms with E-state index in [2.05, 4.69) is 25.8 Å². The van der Waals surface area contributed by atoms with Gasteiger partial charge in [0.25, 0.3) is 0 Å². The number of aromatic nitrogens is 2. The van der Waals surface area contributed by atoms with E-state index in [4.69, 9.17) is 0 Å². The van der Waals surface area contributed by atoms with Crippen molar-refractivity contribution in [3.63, 3.8) is 0 Å². The van der Waals surface area contributed by atoms with E-state index in [1.54, 1.807) is 17.4 Å². The molecule has 0 aliphatic carbocycles. The van der Waals surface area contributed by atoms with Gasteiger partial charge in [0.05, 0.1) is 16.9 Å². The summed E-state index contributed by atoms with van der Waals surface area (Å²) in [5, 5.41) is 5.36. The molecule has 0 bridgehead atoms. The van der Waals surface area contributed by atoms with Crippen LogP contribution in [0.2, 0.25) is 0 Å². The molecule has 2 aliphatic rings. The number of benzene rings is 1. The number of rotatable bonds is 3. The van der Waals surface area contributed by atoms with E-state index in [0.717, 1.165) is 49.6 Å². The molecule has 5 rings (SSSR count). The number of nitrogens with one attached hydrogen (secondary N) is 1. The van der Waals surface area contributed by atoms with E-state index in [1.165, 1.54) is 11.8 Å². The van der Waals surface area contributed by atoms with Crippen molar-refractivity contribution in [2.45, 2.75) is 50.6 Å². The summed E-state index contributed by atoms with van der Waals surface area (Å²) in [5.41, 5.74) is 2.50. The molecule has 2 saturated heterocycles. The number of thiazole rings is 1. The lowest BCUT2D eigenvalue weighted by molar-refractivity contribution is -0.122. The number of likely N-dealkylation sites (tertiary alicyclic amines) is 1. The van der Waals surface area contributed by atoms with Gasteiger partial charge in [-0.25, -0.2) is 9.37 Å². The second-order valence-corrected chi connectivity index (χ2v) is 9.23. The van der Waals surface area contributed by atoms with Gasteiger partial charge in [-0.15, -0.1) is 11.3 Å². The lowest BCUT2D eigenvalue weighted by atomic mass is 9.78. The minimum Gasteiger partial charge on any atom is -0.349 e. The maximum Gasteiger partial charge on any atom is 0.220 e. The van der Waals surface area contributed by atoms with E-state index in [9.17, 15) is 9.18 Å². The van der Waals surface area contributed by atoms with Crippen LogP contribution in [0.3, 0.4) is 0 Å². The Morgan fingerprint density at radius 3 is 3.07 bits per heavy atom. The summed E-state index contributed by atoms with van der Waals surface area (Å²) < 4.78 is 16.9. The van der Waals surface area contributed by atoms with Crippen molar-refractivity contribution < 1.29 is 9.18 Å². The number of carbonyl (C=O) groups excluding carboxylic acids is 1. The number of imidazole rings is 1. The third kappa shape index (κ3) is 3.26. The SMILES string of the molecule is Cc1nc2sccn2c1CN1C[C@@H](c2ccccc2F)[C@@]2(CCCCC(=O)N2)C1. The Morgan fingerprint density at radius 2 is 2.21 bits per heavy atom. The summed E-state index contributed by atoms with van der Waals surface area (Å²) in [5.74, 6) is -0.152. The highest BCUT2D eigenvalue weighted by Gasteiger charge is 2.49. The van der Waals surface area contributed by atoms with Crippen LogP contribution in [-0.4, -0.2) is 38.8 Å². The number of halogens is 1. The average Bonchev–Trinajstić information content (AvgIpc) is 3.31. The minimum absolute atomic E-state index is 0.0584. The fourth-order valence-electron chi connectivity index (χ4n) is 5.13. The number of hydrogen-bond donors (Lipinski definition) is 1. The monoisotopic (exact) mass is 412 g/mol. The zero-order valence-electron chi connectivity index (χ0n) is 16.5. The maximum atomic E-state index is 14.8. The van der Waals surface area contributed by atoms with Crippen LogP contribution in [0.1, 0.15) is 48.6 Å². The summed E-state index contributed by atoms with van der Waals surface area (Å²) in [4.78, 5) is 20.5. The average molecular weight is 413 g/mol. The van der Waals surface area contributed by atoms with Gasteiger partial charge in [0.15, 0.2) is 4.96 Å². The van der Waals surface area contributed by atoms with Crippen LogP contribution in [0, 0.1) is 12.7 Å². The first-order chi connectivity index (χ1) is 14.1. The molecule has 0 saturated carbocycles. The molecular formula is C22H25FN4OS. The van der Waals surface area contributed by atoms with Crippen LogP contribution in [0.5, 0.6) is 0 Å². The fourth-order valence-corrected chi connectivity index (χ4v) is 5.91.